The first-order valence-corrected chi connectivity index (χ1v) is 6.18. The summed E-state index contributed by atoms with van der Waals surface area (Å²) in [6.07, 6.45) is -4.55. The van der Waals surface area contributed by atoms with E-state index in [2.05, 4.69) is 10.6 Å². The van der Waals surface area contributed by atoms with E-state index >= 15 is 0 Å². The number of nitrogens with zero attached hydrogens (tertiary/aromatic N) is 1. The molecule has 1 atom stereocenters. The summed E-state index contributed by atoms with van der Waals surface area (Å²) in [4.78, 5) is 23.9. The summed E-state index contributed by atoms with van der Waals surface area (Å²) >= 11 is 0. The molecule has 2 saturated heterocycles. The Morgan fingerprint density at radius 1 is 1.40 bits per heavy atom. The van der Waals surface area contributed by atoms with Crippen LogP contribution in [0.3, 0.4) is 0 Å². The van der Waals surface area contributed by atoms with Gasteiger partial charge in [0.15, 0.2) is 0 Å². The molecule has 0 aliphatic carbocycles. The molecule has 0 aromatic rings. The van der Waals surface area contributed by atoms with E-state index in [1.54, 1.807) is 0 Å². The third-order valence-corrected chi connectivity index (χ3v) is 3.39. The van der Waals surface area contributed by atoms with Crippen molar-refractivity contribution in [2.75, 3.05) is 32.7 Å². The van der Waals surface area contributed by atoms with E-state index in [1.165, 1.54) is 0 Å². The summed E-state index contributed by atoms with van der Waals surface area (Å²) in [5, 5.41) is 5.75. The van der Waals surface area contributed by atoms with Crippen molar-refractivity contribution < 1.29 is 22.8 Å². The quantitative estimate of drug-likeness (QED) is 0.776. The molecule has 1 unspecified atom stereocenters. The van der Waals surface area contributed by atoms with Crippen LogP contribution in [0.5, 0.6) is 0 Å². The molecule has 2 rings (SSSR count). The molecule has 20 heavy (non-hydrogen) atoms. The van der Waals surface area contributed by atoms with Crippen LogP contribution in [0, 0.1) is 11.8 Å². The van der Waals surface area contributed by atoms with E-state index in [0.29, 0.717) is 17.4 Å². The van der Waals surface area contributed by atoms with Crippen molar-refractivity contribution in [2.45, 2.75) is 12.6 Å². The zero-order chi connectivity index (χ0) is 14.0. The lowest BCUT2D eigenvalue weighted by Gasteiger charge is -2.27. The number of likely N-dealkylation sites (tertiary alicyclic amines) is 1. The topological polar surface area (TPSA) is 61.4 Å². The lowest BCUT2D eigenvalue weighted by atomic mass is 10.0. The third-order valence-electron chi connectivity index (χ3n) is 3.39. The first kappa shape index (κ1) is 17.0. The molecule has 2 heterocycles. The zero-order valence-electron chi connectivity index (χ0n) is 10.7. The van der Waals surface area contributed by atoms with Gasteiger partial charge < -0.3 is 15.5 Å². The van der Waals surface area contributed by atoms with Crippen molar-refractivity contribution >= 4 is 24.2 Å². The van der Waals surface area contributed by atoms with Gasteiger partial charge in [-0.1, -0.05) is 0 Å². The number of alkyl halides is 3. The predicted molar refractivity (Wildman–Crippen MR) is 67.4 cm³/mol. The van der Waals surface area contributed by atoms with Crippen LogP contribution in [0.15, 0.2) is 0 Å². The van der Waals surface area contributed by atoms with Crippen molar-refractivity contribution in [3.05, 3.63) is 0 Å². The molecule has 5 nitrogen and oxygen atoms in total. The average Bonchev–Trinajstić information content (AvgIpc) is 2.55. The van der Waals surface area contributed by atoms with Crippen molar-refractivity contribution in [1.82, 2.24) is 15.5 Å². The molecule has 2 fully saturated rings. The smallest absolute Gasteiger partial charge is 0.355 e. The van der Waals surface area contributed by atoms with Gasteiger partial charge in [0.2, 0.25) is 11.8 Å². The normalized spacial score (nSPS) is 23.2. The molecule has 9 heteroatoms. The Labute approximate surface area is 120 Å². The lowest BCUT2D eigenvalue weighted by Crippen LogP contribution is -2.49. The van der Waals surface area contributed by atoms with Gasteiger partial charge in [0.25, 0.3) is 0 Å². The molecule has 0 bridgehead atoms. The molecule has 2 N–H and O–H groups in total. The number of hydrogen-bond donors (Lipinski definition) is 2. The van der Waals surface area contributed by atoms with E-state index < -0.39 is 24.5 Å². The van der Waals surface area contributed by atoms with Crippen LogP contribution >= 0.6 is 12.4 Å². The fourth-order valence-corrected chi connectivity index (χ4v) is 2.20. The van der Waals surface area contributed by atoms with Crippen LogP contribution < -0.4 is 10.6 Å². The highest BCUT2D eigenvalue weighted by Gasteiger charge is 2.40. The van der Waals surface area contributed by atoms with Gasteiger partial charge in [-0.15, -0.1) is 12.4 Å². The molecular weight excluding hydrogens is 299 g/mol. The highest BCUT2D eigenvalue weighted by molar-refractivity contribution is 5.89. The Balaban J connectivity index is 0.00000200. The number of halogens is 4. The molecule has 2 aliphatic rings. The Bertz CT molecular complexity index is 374. The van der Waals surface area contributed by atoms with Gasteiger partial charge >= 0.3 is 6.18 Å². The largest absolute Gasteiger partial charge is 0.406 e. The van der Waals surface area contributed by atoms with Crippen LogP contribution in [0.2, 0.25) is 0 Å². The van der Waals surface area contributed by atoms with Crippen LogP contribution in [0.1, 0.15) is 6.42 Å². The maximum Gasteiger partial charge on any atom is 0.406 e. The summed E-state index contributed by atoms with van der Waals surface area (Å²) in [5.74, 6) is -1.22. The van der Waals surface area contributed by atoms with Gasteiger partial charge in [-0.3, -0.25) is 9.59 Å². The first-order valence-electron chi connectivity index (χ1n) is 6.18. The van der Waals surface area contributed by atoms with Crippen LogP contribution in [-0.2, 0) is 9.59 Å². The van der Waals surface area contributed by atoms with Gasteiger partial charge in [-0.25, -0.2) is 0 Å². The fraction of sp³-hybridized carbons (Fsp3) is 0.818. The summed E-state index contributed by atoms with van der Waals surface area (Å²) in [7, 11) is 0. The highest BCUT2D eigenvalue weighted by atomic mass is 35.5. The second-order valence-electron chi connectivity index (χ2n) is 5.06. The molecule has 0 aromatic carbocycles. The minimum absolute atomic E-state index is 0. The van der Waals surface area contributed by atoms with E-state index in [4.69, 9.17) is 0 Å². The number of amides is 2. The van der Waals surface area contributed by atoms with E-state index in [9.17, 15) is 22.8 Å². The third kappa shape index (κ3) is 4.52. The van der Waals surface area contributed by atoms with E-state index in [0.717, 1.165) is 13.1 Å². The second-order valence-corrected chi connectivity index (χ2v) is 5.06. The van der Waals surface area contributed by atoms with Gasteiger partial charge in [0.1, 0.15) is 6.54 Å². The molecule has 0 aromatic heterocycles. The van der Waals surface area contributed by atoms with Gasteiger partial charge in [-0.2, -0.15) is 13.2 Å². The maximum atomic E-state index is 12.2. The molecule has 0 radical (unpaired) electrons. The molecule has 116 valence electrons. The summed E-state index contributed by atoms with van der Waals surface area (Å²) in [6.45, 7) is 0.763. The van der Waals surface area contributed by atoms with Crippen molar-refractivity contribution in [3.63, 3.8) is 0 Å². The number of hydrogen-bond acceptors (Lipinski definition) is 3. The molecule has 2 amide bonds. The van der Waals surface area contributed by atoms with Crippen molar-refractivity contribution in [1.29, 1.82) is 0 Å². The minimum atomic E-state index is -4.42. The van der Waals surface area contributed by atoms with E-state index in [-0.39, 0.29) is 31.3 Å². The Morgan fingerprint density at radius 2 is 2.05 bits per heavy atom. The van der Waals surface area contributed by atoms with Gasteiger partial charge in [0.05, 0.1) is 5.92 Å². The van der Waals surface area contributed by atoms with Gasteiger partial charge in [0, 0.05) is 38.5 Å². The standard InChI is InChI=1S/C11H16F3N3O2.ClH/c12-11(13,14)6-17-5-8(1-9(17)18)10(19)16-4-7-2-15-3-7;/h7-8,15H,1-6H2,(H,16,19);1H. The second kappa shape index (κ2) is 6.62. The Hall–Kier alpha value is -1.02. The number of carbonyl (C=O) groups is 2. The summed E-state index contributed by atoms with van der Waals surface area (Å²) in [6, 6.07) is 0. The monoisotopic (exact) mass is 315 g/mol. The lowest BCUT2D eigenvalue weighted by molar-refractivity contribution is -0.157. The molecular formula is C11H17ClF3N3O2. The maximum absolute atomic E-state index is 12.2. The van der Waals surface area contributed by atoms with Crippen molar-refractivity contribution in [2.24, 2.45) is 11.8 Å². The Kier molecular flexibility index (Phi) is 5.64. The number of rotatable bonds is 4. The van der Waals surface area contributed by atoms with E-state index in [1.807, 2.05) is 0 Å². The average molecular weight is 316 g/mol. The van der Waals surface area contributed by atoms with Crippen molar-refractivity contribution in [3.8, 4) is 0 Å². The zero-order valence-corrected chi connectivity index (χ0v) is 11.5. The fourth-order valence-electron chi connectivity index (χ4n) is 2.20. The minimum Gasteiger partial charge on any atom is -0.355 e. The SMILES string of the molecule is Cl.O=C(NCC1CNC1)C1CC(=O)N(CC(F)(F)F)C1. The molecule has 0 spiro atoms. The number of carbonyl (C=O) groups excluding carboxylic acids is 2. The predicted octanol–water partition coefficient (Wildman–Crippen LogP) is 0.155. The van der Waals surface area contributed by atoms with Crippen LogP contribution in [0.25, 0.3) is 0 Å². The van der Waals surface area contributed by atoms with Gasteiger partial charge in [-0.05, 0) is 0 Å². The van der Waals surface area contributed by atoms with Crippen LogP contribution in [-0.4, -0.2) is 55.6 Å². The molecule has 0 saturated carbocycles. The summed E-state index contributed by atoms with van der Waals surface area (Å²) in [5.41, 5.74) is 0. The Morgan fingerprint density at radius 3 is 2.55 bits per heavy atom. The van der Waals surface area contributed by atoms with Crippen LogP contribution in [0.4, 0.5) is 13.2 Å². The number of nitrogens with one attached hydrogen (secondary N) is 2. The first-order chi connectivity index (χ1) is 8.85. The molecule has 2 aliphatic heterocycles. The highest BCUT2D eigenvalue weighted by Crippen LogP contribution is 2.23. The summed E-state index contributed by atoms with van der Waals surface area (Å²) < 4.78 is 36.6.